The van der Waals surface area contributed by atoms with Crippen LogP contribution in [0.5, 0.6) is 34.5 Å². The summed E-state index contributed by atoms with van der Waals surface area (Å²) in [5.74, 6) is 6.03. The molecule has 22 nitrogen and oxygen atoms in total. The van der Waals surface area contributed by atoms with Crippen LogP contribution in [0.3, 0.4) is 0 Å². The number of halogens is 1. The van der Waals surface area contributed by atoms with Gasteiger partial charge in [-0.1, -0.05) is 0 Å². The molecule has 2 aromatic carbocycles. The minimum Gasteiger partial charge on any atom is -0.493 e. The van der Waals surface area contributed by atoms with E-state index in [1.807, 2.05) is 50.7 Å². The van der Waals surface area contributed by atoms with Crippen LogP contribution in [0.15, 0.2) is 49.3 Å². The molecule has 0 unspecified atom stereocenters. The second-order valence-corrected chi connectivity index (χ2v) is 18.0. The molecule has 0 spiro atoms. The Morgan fingerprint density at radius 2 is 1.11 bits per heavy atom. The number of benzene rings is 2. The maximum atomic E-state index is 12.0. The van der Waals surface area contributed by atoms with Crippen molar-refractivity contribution in [1.82, 2.24) is 44.4 Å². The van der Waals surface area contributed by atoms with Gasteiger partial charge in [-0.25, -0.2) is 24.9 Å². The molecule has 0 bridgehead atoms. The molecule has 2 amide bonds. The Morgan fingerprint density at radius 3 is 1.55 bits per heavy atom. The normalized spacial score (nSPS) is 16.6. The van der Waals surface area contributed by atoms with Crippen molar-refractivity contribution >= 4 is 52.6 Å². The van der Waals surface area contributed by atoms with Crippen LogP contribution in [0.1, 0.15) is 73.9 Å². The molecule has 2 saturated heterocycles. The summed E-state index contributed by atoms with van der Waals surface area (Å²) in [6, 6.07) is 7.00. The van der Waals surface area contributed by atoms with Gasteiger partial charge in [0.25, 0.3) is 0 Å². The van der Waals surface area contributed by atoms with Crippen LogP contribution in [-0.2, 0) is 35.3 Å². The highest BCUT2D eigenvalue weighted by Crippen LogP contribution is 2.41. The summed E-state index contributed by atoms with van der Waals surface area (Å²) in [5, 5.41) is 9.91. The number of amides is 2. The zero-order valence-electron chi connectivity index (χ0n) is 42.0. The number of hydrogen-bond donors (Lipinski definition) is 5. The number of aromatic nitrogens is 8. The smallest absolute Gasteiger partial charge is 0.240 e. The van der Waals surface area contributed by atoms with E-state index in [0.29, 0.717) is 58.6 Å². The standard InChI is InChI=1S/C25H31N7O4.C20H22ClN5O3.C5H10N2O/c1-34-19-11-15(12-20(35-2)22(19)36-3)31-13-21(27-14-31)29-24-16-7-4-5-8-17(16)28-25(30-24)32-10-6-9-18(32)23(26)33;1-27-15-8-12(9-16(28-2)18(15)29-3)26-10-17(22-11-26)24-19-13-6-4-5-7-14(13)23-20(21)25-19;6-5(8)4-2-1-3-7-4/h11-14,18H,4-10H2,1-3H3,(H2,26,33)(H,28,29,30);8-11H,4-7H2,1-3H3,(H,23,24,25);4,7H,1-3H2,(H2,6,8)/t18-;;4-/m1.1/s1. The Hall–Kier alpha value is -7.59. The van der Waals surface area contributed by atoms with Gasteiger partial charge in [-0.05, 0) is 95.2 Å². The third-order valence-corrected chi connectivity index (χ3v) is 13.3. The lowest BCUT2D eigenvalue weighted by atomic mass is 9.96. The fourth-order valence-electron chi connectivity index (χ4n) is 9.44. The van der Waals surface area contributed by atoms with Crippen molar-refractivity contribution in [3.8, 4) is 45.9 Å². The maximum absolute atomic E-state index is 12.0. The van der Waals surface area contributed by atoms with Crippen LogP contribution >= 0.6 is 11.6 Å². The fraction of sp³-hybridized carbons (Fsp3) is 0.440. The van der Waals surface area contributed by atoms with E-state index in [1.165, 1.54) is 0 Å². The van der Waals surface area contributed by atoms with E-state index < -0.39 is 0 Å². The fourth-order valence-corrected chi connectivity index (χ4v) is 9.63. The molecule has 388 valence electrons. The number of carbonyl (C=O) groups excluding carboxylic acids is 2. The quantitative estimate of drug-likeness (QED) is 0.0744. The van der Waals surface area contributed by atoms with Gasteiger partial charge in [-0.15, -0.1) is 0 Å². The highest BCUT2D eigenvalue weighted by atomic mass is 35.5. The third-order valence-electron chi connectivity index (χ3n) is 13.1. The number of primary amides is 2. The summed E-state index contributed by atoms with van der Waals surface area (Å²) in [6.45, 7) is 1.65. The van der Waals surface area contributed by atoms with E-state index in [2.05, 4.69) is 35.9 Å². The van der Waals surface area contributed by atoms with Crippen molar-refractivity contribution in [3.05, 3.63) is 77.1 Å². The highest BCUT2D eigenvalue weighted by molar-refractivity contribution is 6.28. The lowest BCUT2D eigenvalue weighted by Crippen LogP contribution is -2.41. The van der Waals surface area contributed by atoms with Crippen molar-refractivity contribution in [2.24, 2.45) is 11.5 Å². The Labute approximate surface area is 428 Å². The molecule has 2 atom stereocenters. The SMILES string of the molecule is COc1cc(-n2cnc(Nc3nc(Cl)nc4c3CCCC4)c2)cc(OC)c1OC.COc1cc(-n2cnc(Nc3nc(N4CCC[C@@H]4C(N)=O)nc4c3CCCC4)c2)cc(OC)c1OC.NC(=O)[C@H]1CCCN1. The van der Waals surface area contributed by atoms with Gasteiger partial charge in [0, 0.05) is 41.9 Å². The van der Waals surface area contributed by atoms with E-state index in [4.69, 9.17) is 61.5 Å². The molecule has 2 aliphatic heterocycles. The van der Waals surface area contributed by atoms with Crippen molar-refractivity contribution in [3.63, 3.8) is 0 Å². The van der Waals surface area contributed by atoms with E-state index in [-0.39, 0.29) is 29.2 Å². The van der Waals surface area contributed by atoms with Crippen molar-refractivity contribution in [2.45, 2.75) is 89.1 Å². The molecule has 10 rings (SSSR count). The summed E-state index contributed by atoms with van der Waals surface area (Å²) in [5.41, 5.74) is 16.5. The van der Waals surface area contributed by atoms with Crippen molar-refractivity contribution in [2.75, 3.05) is 71.3 Å². The maximum Gasteiger partial charge on any atom is 0.240 e. The third kappa shape index (κ3) is 11.9. The van der Waals surface area contributed by atoms with Gasteiger partial charge in [0.2, 0.25) is 34.5 Å². The second-order valence-electron chi connectivity index (χ2n) is 17.6. The van der Waals surface area contributed by atoms with Crippen LogP contribution < -0.4 is 60.7 Å². The molecule has 4 aliphatic rings. The van der Waals surface area contributed by atoms with Crippen LogP contribution in [0.25, 0.3) is 11.4 Å². The first kappa shape index (κ1) is 51.8. The number of methoxy groups -OCH3 is 6. The Morgan fingerprint density at radius 1 is 0.616 bits per heavy atom. The van der Waals surface area contributed by atoms with Gasteiger partial charge >= 0.3 is 0 Å². The molecule has 73 heavy (non-hydrogen) atoms. The van der Waals surface area contributed by atoms with Gasteiger partial charge in [0.15, 0.2) is 23.0 Å². The average Bonchev–Trinajstić information content (AvgIpc) is 4.27. The molecule has 6 heterocycles. The number of imidazole rings is 2. The molecule has 0 radical (unpaired) electrons. The Balaban J connectivity index is 0.000000172. The van der Waals surface area contributed by atoms with Gasteiger partial charge < -0.3 is 69.9 Å². The number of aryl methyl sites for hydroxylation is 2. The van der Waals surface area contributed by atoms with E-state index in [1.54, 1.807) is 55.3 Å². The van der Waals surface area contributed by atoms with E-state index in [0.717, 1.165) is 129 Å². The lowest BCUT2D eigenvalue weighted by Gasteiger charge is -2.26. The molecule has 2 fully saturated rings. The number of nitrogens with one attached hydrogen (secondary N) is 3. The number of ether oxygens (including phenoxy) is 6. The predicted molar refractivity (Wildman–Crippen MR) is 275 cm³/mol. The number of anilines is 5. The monoisotopic (exact) mass is 1020 g/mol. The first-order valence-electron chi connectivity index (χ1n) is 24.2. The molecule has 23 heteroatoms. The second kappa shape index (κ2) is 23.8. The molecular weight excluding hydrogens is 960 g/mol. The van der Waals surface area contributed by atoms with Crippen LogP contribution in [0.2, 0.25) is 5.28 Å². The Bertz CT molecular complexity index is 2860. The molecule has 6 aromatic rings. The summed E-state index contributed by atoms with van der Waals surface area (Å²) in [6.07, 6.45) is 18.8. The number of nitrogens with two attached hydrogens (primary N) is 2. The largest absolute Gasteiger partial charge is 0.493 e. The predicted octanol–water partition coefficient (Wildman–Crippen LogP) is 5.95. The highest BCUT2D eigenvalue weighted by Gasteiger charge is 2.33. The van der Waals surface area contributed by atoms with Gasteiger partial charge in [0.05, 0.1) is 83.9 Å². The van der Waals surface area contributed by atoms with E-state index in [9.17, 15) is 9.59 Å². The number of carbonyl (C=O) groups is 2. The van der Waals surface area contributed by atoms with Crippen LogP contribution in [0.4, 0.5) is 29.2 Å². The molecule has 0 saturated carbocycles. The molecule has 2 aliphatic carbocycles. The molecular formula is C50H63ClN14O8. The first-order chi connectivity index (χ1) is 35.4. The lowest BCUT2D eigenvalue weighted by molar-refractivity contribution is -0.120. The van der Waals surface area contributed by atoms with Crippen molar-refractivity contribution < 1.29 is 38.0 Å². The van der Waals surface area contributed by atoms with Gasteiger partial charge in [-0.2, -0.15) is 4.98 Å². The number of fused-ring (bicyclic) bond motifs is 2. The summed E-state index contributed by atoms with van der Waals surface area (Å²) >= 11 is 6.12. The zero-order chi connectivity index (χ0) is 51.6. The van der Waals surface area contributed by atoms with Gasteiger partial charge in [-0.3, -0.25) is 9.59 Å². The van der Waals surface area contributed by atoms with Crippen LogP contribution in [-0.4, -0.2) is 119 Å². The van der Waals surface area contributed by atoms with Crippen LogP contribution in [0, 0.1) is 0 Å². The minimum absolute atomic E-state index is 0.0463. The minimum atomic E-state index is -0.376. The molecule has 7 N–H and O–H groups in total. The number of nitrogens with zero attached hydrogens (tertiary/aromatic N) is 9. The van der Waals surface area contributed by atoms with Gasteiger partial charge in [0.1, 0.15) is 42.0 Å². The topological polar surface area (TPSA) is 268 Å². The number of hydrogen-bond acceptors (Lipinski definition) is 18. The summed E-state index contributed by atoms with van der Waals surface area (Å²) in [4.78, 5) is 51.7. The zero-order valence-corrected chi connectivity index (χ0v) is 42.8. The summed E-state index contributed by atoms with van der Waals surface area (Å²) < 4.78 is 36.4. The van der Waals surface area contributed by atoms with E-state index >= 15 is 0 Å². The Kier molecular flexibility index (Phi) is 16.8. The van der Waals surface area contributed by atoms with Crippen molar-refractivity contribution in [1.29, 1.82) is 0 Å². The summed E-state index contributed by atoms with van der Waals surface area (Å²) in [7, 11) is 9.49. The first-order valence-corrected chi connectivity index (χ1v) is 24.6. The number of rotatable bonds is 15. The molecule has 4 aromatic heterocycles. The average molecular weight is 1020 g/mol.